The minimum absolute atomic E-state index is 0.0127. The summed E-state index contributed by atoms with van der Waals surface area (Å²) < 4.78 is 37.2. The third kappa shape index (κ3) is 3.80. The number of nitrogens with one attached hydrogen (secondary N) is 2. The molecule has 0 radical (unpaired) electrons. The lowest BCUT2D eigenvalue weighted by atomic mass is 10.1. The quantitative estimate of drug-likeness (QED) is 0.910. The van der Waals surface area contributed by atoms with Gasteiger partial charge < -0.3 is 5.32 Å². The normalized spacial score (nSPS) is 11.4. The molecule has 112 valence electrons. The summed E-state index contributed by atoms with van der Waals surface area (Å²) in [4.78, 5) is 15.7. The van der Waals surface area contributed by atoms with Crippen molar-refractivity contribution in [2.24, 2.45) is 0 Å². The number of halogens is 3. The number of aromatic amines is 1. The highest BCUT2D eigenvalue weighted by atomic mass is 19.4. The number of hydrogen-bond acceptors (Lipinski definition) is 3. The van der Waals surface area contributed by atoms with Crippen molar-refractivity contribution in [1.82, 2.24) is 20.5 Å². The molecule has 5 nitrogen and oxygen atoms in total. The molecular weight excluding hydrogens is 285 g/mol. The average Bonchev–Trinajstić information content (AvgIpc) is 2.93. The summed E-state index contributed by atoms with van der Waals surface area (Å²) in [5.41, 5.74) is -0.165. The number of carbonyl (C=O) groups excluding carboxylic acids is 1. The Balaban J connectivity index is 1.95. The summed E-state index contributed by atoms with van der Waals surface area (Å²) in [6, 6.07) is 4.59. The van der Waals surface area contributed by atoms with E-state index in [1.165, 1.54) is 12.1 Å². The first-order chi connectivity index (χ1) is 9.90. The maximum Gasteiger partial charge on any atom is 0.416 e. The van der Waals surface area contributed by atoms with Gasteiger partial charge in [0, 0.05) is 13.0 Å². The van der Waals surface area contributed by atoms with Gasteiger partial charge in [0.25, 0.3) is 5.91 Å². The van der Waals surface area contributed by atoms with Crippen LogP contribution in [-0.2, 0) is 19.1 Å². The van der Waals surface area contributed by atoms with Crippen LogP contribution in [0.4, 0.5) is 13.2 Å². The van der Waals surface area contributed by atoms with Crippen molar-refractivity contribution in [3.8, 4) is 0 Å². The zero-order valence-corrected chi connectivity index (χ0v) is 11.2. The molecule has 0 fully saturated rings. The molecule has 0 saturated carbocycles. The first kappa shape index (κ1) is 15.0. The van der Waals surface area contributed by atoms with Crippen LogP contribution in [-0.4, -0.2) is 21.1 Å². The molecule has 1 aromatic carbocycles. The van der Waals surface area contributed by atoms with Crippen LogP contribution in [0.1, 0.15) is 34.5 Å². The number of benzene rings is 1. The molecule has 0 saturated heterocycles. The molecule has 0 atom stereocenters. The smallest absolute Gasteiger partial charge is 0.345 e. The Morgan fingerprint density at radius 3 is 2.48 bits per heavy atom. The Labute approximate surface area is 118 Å². The fraction of sp³-hybridized carbons (Fsp3) is 0.308. The van der Waals surface area contributed by atoms with Gasteiger partial charge in [-0.25, -0.2) is 4.98 Å². The number of rotatable bonds is 4. The molecule has 2 rings (SSSR count). The van der Waals surface area contributed by atoms with Crippen LogP contribution in [0.2, 0.25) is 0 Å². The molecule has 0 bridgehead atoms. The van der Waals surface area contributed by atoms with Crippen molar-refractivity contribution in [3.05, 3.63) is 47.0 Å². The standard InChI is InChI=1S/C13H13F3N4O/c1-2-10-18-11(20-19-10)12(21)17-7-8-3-5-9(6-4-8)13(14,15)16/h3-6H,2,7H2,1H3,(H,17,21)(H,18,19,20). The van der Waals surface area contributed by atoms with Gasteiger partial charge in [-0.2, -0.15) is 13.2 Å². The van der Waals surface area contributed by atoms with Gasteiger partial charge in [-0.05, 0) is 17.7 Å². The lowest BCUT2D eigenvalue weighted by Crippen LogP contribution is -2.24. The van der Waals surface area contributed by atoms with Crippen LogP contribution in [0.25, 0.3) is 0 Å². The number of hydrogen-bond donors (Lipinski definition) is 2. The van der Waals surface area contributed by atoms with E-state index in [2.05, 4.69) is 20.5 Å². The summed E-state index contributed by atoms with van der Waals surface area (Å²) in [6.45, 7) is 1.97. The Kier molecular flexibility index (Phi) is 4.25. The fourth-order valence-electron chi connectivity index (χ4n) is 1.63. The SMILES string of the molecule is CCc1nc(C(=O)NCc2ccc(C(F)(F)F)cc2)n[nH]1. The van der Waals surface area contributed by atoms with Crippen LogP contribution in [0.15, 0.2) is 24.3 Å². The second-order valence-corrected chi connectivity index (χ2v) is 4.34. The lowest BCUT2D eigenvalue weighted by molar-refractivity contribution is -0.137. The summed E-state index contributed by atoms with van der Waals surface area (Å²) >= 11 is 0. The lowest BCUT2D eigenvalue weighted by Gasteiger charge is -2.07. The maximum atomic E-state index is 12.4. The Morgan fingerprint density at radius 1 is 1.29 bits per heavy atom. The van der Waals surface area contributed by atoms with E-state index >= 15 is 0 Å². The van der Waals surface area contributed by atoms with E-state index < -0.39 is 17.6 Å². The summed E-state index contributed by atoms with van der Waals surface area (Å²) in [5.74, 6) is 0.124. The molecule has 0 aliphatic rings. The van der Waals surface area contributed by atoms with E-state index in [9.17, 15) is 18.0 Å². The first-order valence-electron chi connectivity index (χ1n) is 6.25. The molecule has 21 heavy (non-hydrogen) atoms. The average molecular weight is 298 g/mol. The fourth-order valence-corrected chi connectivity index (χ4v) is 1.63. The van der Waals surface area contributed by atoms with E-state index in [1.54, 1.807) is 0 Å². The van der Waals surface area contributed by atoms with E-state index in [-0.39, 0.29) is 12.4 Å². The highest BCUT2D eigenvalue weighted by Gasteiger charge is 2.29. The molecule has 1 amide bonds. The summed E-state index contributed by atoms with van der Waals surface area (Å²) in [7, 11) is 0. The second-order valence-electron chi connectivity index (χ2n) is 4.34. The monoisotopic (exact) mass is 298 g/mol. The number of carbonyl (C=O) groups is 1. The number of amides is 1. The number of aryl methyl sites for hydroxylation is 1. The molecule has 0 unspecified atom stereocenters. The van der Waals surface area contributed by atoms with Crippen molar-refractivity contribution in [2.45, 2.75) is 26.1 Å². The minimum Gasteiger partial charge on any atom is -0.345 e. The number of alkyl halides is 3. The van der Waals surface area contributed by atoms with Crippen LogP contribution in [0.3, 0.4) is 0 Å². The molecular formula is C13H13F3N4O. The van der Waals surface area contributed by atoms with Crippen LogP contribution >= 0.6 is 0 Å². The van der Waals surface area contributed by atoms with Gasteiger partial charge in [0.15, 0.2) is 0 Å². The van der Waals surface area contributed by atoms with E-state index in [0.717, 1.165) is 12.1 Å². The van der Waals surface area contributed by atoms with Crippen molar-refractivity contribution >= 4 is 5.91 Å². The van der Waals surface area contributed by atoms with Gasteiger partial charge in [-0.15, -0.1) is 5.10 Å². The van der Waals surface area contributed by atoms with Crippen molar-refractivity contribution in [3.63, 3.8) is 0 Å². The van der Waals surface area contributed by atoms with Crippen molar-refractivity contribution in [2.75, 3.05) is 0 Å². The second kappa shape index (κ2) is 5.94. The van der Waals surface area contributed by atoms with Gasteiger partial charge in [0.1, 0.15) is 5.82 Å². The van der Waals surface area contributed by atoms with E-state index in [0.29, 0.717) is 17.8 Å². The predicted octanol–water partition coefficient (Wildman–Crippen LogP) is 2.32. The highest BCUT2D eigenvalue weighted by Crippen LogP contribution is 2.28. The zero-order chi connectivity index (χ0) is 15.5. The molecule has 0 spiro atoms. The Bertz CT molecular complexity index is 619. The minimum atomic E-state index is -4.36. The summed E-state index contributed by atoms with van der Waals surface area (Å²) in [6.07, 6.45) is -3.74. The molecule has 8 heteroatoms. The Morgan fingerprint density at radius 2 is 1.95 bits per heavy atom. The van der Waals surface area contributed by atoms with Gasteiger partial charge in [-0.1, -0.05) is 19.1 Å². The Hall–Kier alpha value is -2.38. The van der Waals surface area contributed by atoms with E-state index in [1.807, 2.05) is 6.92 Å². The van der Waals surface area contributed by atoms with Gasteiger partial charge >= 0.3 is 6.18 Å². The highest BCUT2D eigenvalue weighted by molar-refractivity contribution is 5.90. The van der Waals surface area contributed by atoms with Crippen LogP contribution in [0.5, 0.6) is 0 Å². The van der Waals surface area contributed by atoms with Gasteiger partial charge in [0.05, 0.1) is 5.56 Å². The molecule has 1 aromatic heterocycles. The molecule has 1 heterocycles. The van der Waals surface area contributed by atoms with Crippen molar-refractivity contribution < 1.29 is 18.0 Å². The zero-order valence-electron chi connectivity index (χ0n) is 11.2. The number of nitrogens with zero attached hydrogens (tertiary/aromatic N) is 2. The van der Waals surface area contributed by atoms with Gasteiger partial charge in [0.2, 0.25) is 5.82 Å². The van der Waals surface area contributed by atoms with Crippen LogP contribution < -0.4 is 5.32 Å². The third-order valence-electron chi connectivity index (χ3n) is 2.80. The number of H-pyrrole nitrogens is 1. The third-order valence-corrected chi connectivity index (χ3v) is 2.80. The molecule has 2 aromatic rings. The maximum absolute atomic E-state index is 12.4. The summed E-state index contributed by atoms with van der Waals surface area (Å²) in [5, 5.41) is 8.91. The molecule has 0 aliphatic heterocycles. The first-order valence-corrected chi connectivity index (χ1v) is 6.25. The molecule has 2 N–H and O–H groups in total. The van der Waals surface area contributed by atoms with Crippen molar-refractivity contribution in [1.29, 1.82) is 0 Å². The largest absolute Gasteiger partial charge is 0.416 e. The van der Waals surface area contributed by atoms with E-state index in [4.69, 9.17) is 0 Å². The topological polar surface area (TPSA) is 70.7 Å². The molecule has 0 aliphatic carbocycles. The number of aromatic nitrogens is 3. The predicted molar refractivity (Wildman–Crippen MR) is 68.4 cm³/mol. The van der Waals surface area contributed by atoms with Gasteiger partial charge in [-0.3, -0.25) is 9.89 Å². The van der Waals surface area contributed by atoms with Crippen LogP contribution in [0, 0.1) is 0 Å².